The lowest BCUT2D eigenvalue weighted by atomic mass is 9.95. The van der Waals surface area contributed by atoms with Gasteiger partial charge in [-0.3, -0.25) is 9.69 Å². The monoisotopic (exact) mass is 508 g/mol. The van der Waals surface area contributed by atoms with Gasteiger partial charge in [0.05, 0.1) is 18.8 Å². The summed E-state index contributed by atoms with van der Waals surface area (Å²) in [6.07, 6.45) is 7.31. The Bertz CT molecular complexity index is 1550. The van der Waals surface area contributed by atoms with Gasteiger partial charge in [0.2, 0.25) is 0 Å². The van der Waals surface area contributed by atoms with Crippen LogP contribution in [0.2, 0.25) is 0 Å². The van der Waals surface area contributed by atoms with Crippen molar-refractivity contribution in [3.05, 3.63) is 112 Å². The molecule has 1 atom stereocenters. The number of nitrogens with one attached hydrogen (secondary N) is 1. The fraction of sp³-hybridized carbons (Fsp3) is 0.333. The minimum atomic E-state index is -0.481. The predicted molar refractivity (Wildman–Crippen MR) is 145 cm³/mol. The lowest BCUT2D eigenvalue weighted by Gasteiger charge is -2.32. The van der Waals surface area contributed by atoms with Crippen molar-refractivity contribution in [3.8, 4) is 0 Å². The predicted octanol–water partition coefficient (Wildman–Crippen LogP) is 5.71. The van der Waals surface area contributed by atoms with E-state index in [1.165, 1.54) is 6.42 Å². The zero-order valence-electron chi connectivity index (χ0n) is 21.6. The third kappa shape index (κ3) is 5.04. The topological polar surface area (TPSA) is 92.8 Å². The molecule has 2 aromatic carbocycles. The van der Waals surface area contributed by atoms with Gasteiger partial charge in [0.1, 0.15) is 11.8 Å². The normalized spacial score (nSPS) is 15.3. The summed E-state index contributed by atoms with van der Waals surface area (Å²) >= 11 is 0. The molecule has 0 amide bonds. The summed E-state index contributed by atoms with van der Waals surface area (Å²) in [5.74, 6) is 1.51. The Kier molecular flexibility index (Phi) is 6.88. The fourth-order valence-corrected chi connectivity index (χ4v) is 5.67. The first-order chi connectivity index (χ1) is 18.7. The van der Waals surface area contributed by atoms with Gasteiger partial charge in [-0.1, -0.05) is 61.2 Å². The summed E-state index contributed by atoms with van der Waals surface area (Å²) < 4.78 is 7.76. The largest absolute Gasteiger partial charge is 0.468 e. The molecule has 0 aliphatic heterocycles. The van der Waals surface area contributed by atoms with Gasteiger partial charge >= 0.3 is 0 Å². The number of fused-ring (bicyclic) bond motifs is 1. The van der Waals surface area contributed by atoms with Gasteiger partial charge in [0, 0.05) is 17.6 Å². The Morgan fingerprint density at radius 1 is 1.03 bits per heavy atom. The zero-order valence-corrected chi connectivity index (χ0v) is 21.6. The molecule has 8 nitrogen and oxygen atoms in total. The number of tetrazole rings is 1. The number of furan rings is 1. The number of aryl methyl sites for hydroxylation is 1. The number of pyridine rings is 1. The lowest BCUT2D eigenvalue weighted by Crippen LogP contribution is -2.35. The fourth-order valence-electron chi connectivity index (χ4n) is 5.67. The number of aromatic amines is 1. The van der Waals surface area contributed by atoms with Gasteiger partial charge < -0.3 is 9.40 Å². The van der Waals surface area contributed by atoms with E-state index < -0.39 is 6.04 Å². The summed E-state index contributed by atoms with van der Waals surface area (Å²) in [6.45, 7) is 3.15. The Morgan fingerprint density at radius 3 is 2.66 bits per heavy atom. The van der Waals surface area contributed by atoms with Crippen LogP contribution in [0.1, 0.15) is 72.5 Å². The van der Waals surface area contributed by atoms with Crippen LogP contribution in [0.25, 0.3) is 10.9 Å². The van der Waals surface area contributed by atoms with Crippen LogP contribution in [0.4, 0.5) is 0 Å². The van der Waals surface area contributed by atoms with E-state index in [9.17, 15) is 4.79 Å². The molecule has 0 bridgehead atoms. The number of hydrogen-bond donors (Lipinski definition) is 1. The minimum Gasteiger partial charge on any atom is -0.468 e. The van der Waals surface area contributed by atoms with E-state index >= 15 is 0 Å². The number of H-pyrrole nitrogens is 1. The number of aromatic nitrogens is 5. The van der Waals surface area contributed by atoms with Crippen molar-refractivity contribution in [2.24, 2.45) is 0 Å². The molecule has 0 radical (unpaired) electrons. The van der Waals surface area contributed by atoms with Crippen LogP contribution < -0.4 is 5.56 Å². The second-order valence-corrected chi connectivity index (χ2v) is 10.3. The molecule has 1 aliphatic rings. The number of benzene rings is 2. The van der Waals surface area contributed by atoms with Gasteiger partial charge in [0.25, 0.3) is 5.56 Å². The van der Waals surface area contributed by atoms with E-state index in [1.807, 2.05) is 53.2 Å². The molecule has 3 aromatic heterocycles. The van der Waals surface area contributed by atoms with Crippen LogP contribution in [0, 0.1) is 6.92 Å². The minimum absolute atomic E-state index is 0.137. The molecule has 5 aromatic rings. The smallest absolute Gasteiger partial charge is 0.253 e. The van der Waals surface area contributed by atoms with Crippen molar-refractivity contribution in [2.45, 2.75) is 64.2 Å². The van der Waals surface area contributed by atoms with Gasteiger partial charge in [-0.25, -0.2) is 4.68 Å². The van der Waals surface area contributed by atoms with E-state index in [0.717, 1.165) is 53.5 Å². The van der Waals surface area contributed by atoms with E-state index in [4.69, 9.17) is 4.42 Å². The third-order valence-electron chi connectivity index (χ3n) is 7.54. The maximum absolute atomic E-state index is 13.7. The number of hydrogen-bond acceptors (Lipinski definition) is 6. The average Bonchev–Trinajstić information content (AvgIpc) is 3.63. The standard InChI is InChI=1S/C30H32N6O2/c1-21-14-15-27-23(17-21)18-26(30(37)31-27)28(29-32-33-34-36(29)24-11-6-3-7-12-24)35(20-25-13-8-16-38-25)19-22-9-4-2-5-10-22/h2,4-5,8-10,13-18,24,28H,3,6-7,11-12,19-20H2,1H3,(H,31,37)/t28-/m0/s1. The Balaban J connectivity index is 1.53. The second-order valence-electron chi connectivity index (χ2n) is 10.3. The van der Waals surface area contributed by atoms with E-state index in [0.29, 0.717) is 24.5 Å². The molecule has 194 valence electrons. The molecular formula is C30H32N6O2. The molecule has 1 fully saturated rings. The van der Waals surface area contributed by atoms with E-state index in [2.05, 4.69) is 50.5 Å². The van der Waals surface area contributed by atoms with Gasteiger partial charge in [-0.2, -0.15) is 0 Å². The highest BCUT2D eigenvalue weighted by atomic mass is 16.3. The molecule has 3 heterocycles. The first-order valence-corrected chi connectivity index (χ1v) is 13.4. The lowest BCUT2D eigenvalue weighted by molar-refractivity contribution is 0.173. The SMILES string of the molecule is Cc1ccc2[nH]c(=O)c([C@@H](c3nnnn3C3CCCCC3)N(Cc3ccccc3)Cc3ccco3)cc2c1. The van der Waals surface area contributed by atoms with Crippen LogP contribution in [0.15, 0.2) is 82.2 Å². The number of nitrogens with zero attached hydrogens (tertiary/aromatic N) is 5. The maximum atomic E-state index is 13.7. The van der Waals surface area contributed by atoms with Gasteiger partial charge in [-0.15, -0.1) is 5.10 Å². The summed E-state index contributed by atoms with van der Waals surface area (Å²) in [5.41, 5.74) is 3.57. The van der Waals surface area contributed by atoms with Crippen molar-refractivity contribution in [2.75, 3.05) is 0 Å². The van der Waals surface area contributed by atoms with Crippen LogP contribution in [0.5, 0.6) is 0 Å². The Labute approximate surface area is 221 Å². The molecule has 0 spiro atoms. The molecule has 1 aliphatic carbocycles. The summed E-state index contributed by atoms with van der Waals surface area (Å²) in [5, 5.41) is 14.2. The van der Waals surface area contributed by atoms with Gasteiger partial charge in [-0.05, 0) is 71.5 Å². The maximum Gasteiger partial charge on any atom is 0.253 e. The molecule has 0 unspecified atom stereocenters. The molecular weight excluding hydrogens is 476 g/mol. The van der Waals surface area contributed by atoms with E-state index in [-0.39, 0.29) is 11.6 Å². The summed E-state index contributed by atoms with van der Waals surface area (Å²) in [7, 11) is 0. The first-order valence-electron chi connectivity index (χ1n) is 13.4. The molecule has 1 N–H and O–H groups in total. The highest BCUT2D eigenvalue weighted by molar-refractivity contribution is 5.79. The first kappa shape index (κ1) is 24.3. The highest BCUT2D eigenvalue weighted by Gasteiger charge is 2.33. The highest BCUT2D eigenvalue weighted by Crippen LogP contribution is 2.34. The van der Waals surface area contributed by atoms with Crippen LogP contribution in [-0.2, 0) is 13.1 Å². The summed E-state index contributed by atoms with van der Waals surface area (Å²) in [4.78, 5) is 19.1. The van der Waals surface area contributed by atoms with Crippen LogP contribution in [0.3, 0.4) is 0 Å². The number of rotatable bonds is 8. The molecule has 1 saturated carbocycles. The van der Waals surface area contributed by atoms with Crippen molar-refractivity contribution >= 4 is 10.9 Å². The Hall–Kier alpha value is -4.04. The van der Waals surface area contributed by atoms with Crippen molar-refractivity contribution < 1.29 is 4.42 Å². The Morgan fingerprint density at radius 2 is 1.87 bits per heavy atom. The van der Waals surface area contributed by atoms with Gasteiger partial charge in [0.15, 0.2) is 5.82 Å². The van der Waals surface area contributed by atoms with Crippen LogP contribution >= 0.6 is 0 Å². The van der Waals surface area contributed by atoms with Crippen LogP contribution in [-0.4, -0.2) is 30.1 Å². The molecule has 6 rings (SSSR count). The van der Waals surface area contributed by atoms with Crippen molar-refractivity contribution in [1.29, 1.82) is 0 Å². The summed E-state index contributed by atoms with van der Waals surface area (Å²) in [6, 6.07) is 22.0. The van der Waals surface area contributed by atoms with Crippen molar-refractivity contribution in [1.82, 2.24) is 30.1 Å². The zero-order chi connectivity index (χ0) is 25.9. The van der Waals surface area contributed by atoms with Crippen molar-refractivity contribution in [3.63, 3.8) is 0 Å². The van der Waals surface area contributed by atoms with E-state index in [1.54, 1.807) is 6.26 Å². The quantitative estimate of drug-likeness (QED) is 0.288. The molecule has 38 heavy (non-hydrogen) atoms. The second kappa shape index (κ2) is 10.8. The molecule has 8 heteroatoms. The average molecular weight is 509 g/mol. The molecule has 0 saturated heterocycles. The third-order valence-corrected chi connectivity index (χ3v) is 7.54.